The van der Waals surface area contributed by atoms with Crippen LogP contribution in [0.1, 0.15) is 31.7 Å². The van der Waals surface area contributed by atoms with Gasteiger partial charge in [-0.2, -0.15) is 0 Å². The number of carbonyl (C=O) groups is 2. The first-order valence-corrected chi connectivity index (χ1v) is 7.36. The first-order chi connectivity index (χ1) is 9.99. The van der Waals surface area contributed by atoms with Crippen molar-refractivity contribution in [2.45, 2.75) is 38.3 Å². The standard InChI is InChI=1S/C16H23N3O2/c1-11(13-7-5-4-6-8-13)12(2)17-16(21)18-14-9-10-19(3)15(14)20/h4-8,11-12,14H,9-10H2,1-3H3,(H2,17,18,21)/t11-,12+,14+/m1/s1. The molecule has 21 heavy (non-hydrogen) atoms. The number of nitrogens with one attached hydrogen (secondary N) is 2. The van der Waals surface area contributed by atoms with Crippen molar-refractivity contribution in [3.63, 3.8) is 0 Å². The molecule has 0 spiro atoms. The van der Waals surface area contributed by atoms with E-state index in [1.807, 2.05) is 25.1 Å². The molecule has 0 unspecified atom stereocenters. The van der Waals surface area contributed by atoms with Crippen LogP contribution in [0.25, 0.3) is 0 Å². The van der Waals surface area contributed by atoms with Gasteiger partial charge in [0.1, 0.15) is 6.04 Å². The Kier molecular flexibility index (Phi) is 4.83. The molecule has 1 aromatic rings. The molecule has 1 fully saturated rings. The normalized spacial score (nSPS) is 21.0. The third-order valence-corrected chi connectivity index (χ3v) is 4.17. The van der Waals surface area contributed by atoms with E-state index < -0.39 is 6.04 Å². The van der Waals surface area contributed by atoms with E-state index in [4.69, 9.17) is 0 Å². The summed E-state index contributed by atoms with van der Waals surface area (Å²) in [5, 5.41) is 5.67. The number of hydrogen-bond acceptors (Lipinski definition) is 2. The van der Waals surface area contributed by atoms with Crippen LogP contribution in [0.2, 0.25) is 0 Å². The molecule has 1 aliphatic rings. The molecule has 1 aliphatic heterocycles. The summed E-state index contributed by atoms with van der Waals surface area (Å²) >= 11 is 0. The van der Waals surface area contributed by atoms with Gasteiger partial charge in [-0.15, -0.1) is 0 Å². The van der Waals surface area contributed by atoms with Crippen LogP contribution >= 0.6 is 0 Å². The molecule has 5 heteroatoms. The number of amides is 3. The van der Waals surface area contributed by atoms with Crippen molar-refractivity contribution in [2.24, 2.45) is 0 Å². The van der Waals surface area contributed by atoms with Crippen molar-refractivity contribution in [2.75, 3.05) is 13.6 Å². The quantitative estimate of drug-likeness (QED) is 0.886. The summed E-state index contributed by atoms with van der Waals surface area (Å²) in [4.78, 5) is 25.4. The van der Waals surface area contributed by atoms with Gasteiger partial charge < -0.3 is 15.5 Å². The van der Waals surface area contributed by atoms with Crippen LogP contribution in [0, 0.1) is 0 Å². The maximum atomic E-state index is 12.0. The van der Waals surface area contributed by atoms with E-state index in [9.17, 15) is 9.59 Å². The van der Waals surface area contributed by atoms with Gasteiger partial charge in [-0.3, -0.25) is 4.79 Å². The van der Waals surface area contributed by atoms with Crippen LogP contribution in [0.5, 0.6) is 0 Å². The maximum Gasteiger partial charge on any atom is 0.315 e. The van der Waals surface area contributed by atoms with E-state index in [0.29, 0.717) is 13.0 Å². The lowest BCUT2D eigenvalue weighted by atomic mass is 9.94. The van der Waals surface area contributed by atoms with Gasteiger partial charge in [-0.05, 0) is 18.9 Å². The molecule has 1 saturated heterocycles. The van der Waals surface area contributed by atoms with Crippen molar-refractivity contribution in [1.82, 2.24) is 15.5 Å². The summed E-state index contributed by atoms with van der Waals surface area (Å²) in [6.07, 6.45) is 0.672. The molecule has 2 N–H and O–H groups in total. The van der Waals surface area contributed by atoms with E-state index in [-0.39, 0.29) is 23.9 Å². The number of hydrogen-bond donors (Lipinski definition) is 2. The Morgan fingerprint density at radius 2 is 1.95 bits per heavy atom. The number of likely N-dealkylation sites (N-methyl/N-ethyl adjacent to an activating group) is 1. The molecule has 5 nitrogen and oxygen atoms in total. The Hall–Kier alpha value is -2.04. The van der Waals surface area contributed by atoms with Crippen molar-refractivity contribution in [3.8, 4) is 0 Å². The molecule has 3 atom stereocenters. The topological polar surface area (TPSA) is 61.4 Å². The third kappa shape index (κ3) is 3.74. The molecule has 0 aromatic heterocycles. The summed E-state index contributed by atoms with van der Waals surface area (Å²) in [6, 6.07) is 9.38. The van der Waals surface area contributed by atoms with E-state index in [0.717, 1.165) is 0 Å². The van der Waals surface area contributed by atoms with E-state index in [2.05, 4.69) is 29.7 Å². The highest BCUT2D eigenvalue weighted by molar-refractivity contribution is 5.88. The molecule has 114 valence electrons. The van der Waals surface area contributed by atoms with Gasteiger partial charge in [0.15, 0.2) is 0 Å². The molecule has 3 amide bonds. The minimum absolute atomic E-state index is 0.0124. The van der Waals surface area contributed by atoms with E-state index in [1.54, 1.807) is 11.9 Å². The molecule has 1 aromatic carbocycles. The highest BCUT2D eigenvalue weighted by Crippen LogP contribution is 2.18. The second-order valence-corrected chi connectivity index (χ2v) is 5.71. The summed E-state index contributed by atoms with van der Waals surface area (Å²) < 4.78 is 0. The minimum Gasteiger partial charge on any atom is -0.344 e. The lowest BCUT2D eigenvalue weighted by Crippen LogP contribution is -2.49. The number of benzene rings is 1. The molecule has 0 bridgehead atoms. The fourth-order valence-electron chi connectivity index (χ4n) is 2.53. The molecular formula is C16H23N3O2. The monoisotopic (exact) mass is 289 g/mol. The molecule has 2 rings (SSSR count). The predicted octanol–water partition coefficient (Wildman–Crippen LogP) is 1.71. The van der Waals surface area contributed by atoms with Gasteiger partial charge in [0.2, 0.25) is 5.91 Å². The van der Waals surface area contributed by atoms with Crippen LogP contribution in [-0.2, 0) is 4.79 Å². The molecule has 0 radical (unpaired) electrons. The van der Waals surface area contributed by atoms with Gasteiger partial charge in [0, 0.05) is 25.6 Å². The predicted molar refractivity (Wildman–Crippen MR) is 82.0 cm³/mol. The SMILES string of the molecule is C[C@H](NC(=O)N[C@H]1CCN(C)C1=O)[C@@H](C)c1ccccc1. The fraction of sp³-hybridized carbons (Fsp3) is 0.500. The largest absolute Gasteiger partial charge is 0.344 e. The van der Waals surface area contributed by atoms with E-state index >= 15 is 0 Å². The lowest BCUT2D eigenvalue weighted by molar-refractivity contribution is -0.128. The highest BCUT2D eigenvalue weighted by atomic mass is 16.2. The minimum atomic E-state index is -0.394. The number of likely N-dealkylation sites (tertiary alicyclic amines) is 1. The smallest absolute Gasteiger partial charge is 0.315 e. The van der Waals surface area contributed by atoms with Crippen molar-refractivity contribution >= 4 is 11.9 Å². The Morgan fingerprint density at radius 1 is 1.29 bits per heavy atom. The molecule has 0 saturated carbocycles. The van der Waals surface area contributed by atoms with Gasteiger partial charge in [0.25, 0.3) is 0 Å². The first-order valence-electron chi connectivity index (χ1n) is 7.36. The van der Waals surface area contributed by atoms with Gasteiger partial charge >= 0.3 is 6.03 Å². The van der Waals surface area contributed by atoms with Crippen LogP contribution in [0.15, 0.2) is 30.3 Å². The summed E-state index contributed by atoms with van der Waals surface area (Å²) in [5.74, 6) is 0.188. The number of carbonyl (C=O) groups excluding carboxylic acids is 2. The molecule has 1 heterocycles. The Labute approximate surface area is 125 Å². The zero-order valence-electron chi connectivity index (χ0n) is 12.8. The van der Waals surface area contributed by atoms with Gasteiger partial charge in [-0.25, -0.2) is 4.79 Å². The second kappa shape index (κ2) is 6.61. The maximum absolute atomic E-state index is 12.0. The molecular weight excluding hydrogens is 266 g/mol. The zero-order chi connectivity index (χ0) is 15.4. The van der Waals surface area contributed by atoms with Crippen LogP contribution < -0.4 is 10.6 Å². The lowest BCUT2D eigenvalue weighted by Gasteiger charge is -2.23. The van der Waals surface area contributed by atoms with Crippen molar-refractivity contribution in [3.05, 3.63) is 35.9 Å². The van der Waals surface area contributed by atoms with Crippen LogP contribution in [0.3, 0.4) is 0 Å². The summed E-state index contributed by atoms with van der Waals surface area (Å²) in [6.45, 7) is 4.74. The Bertz CT molecular complexity index is 504. The third-order valence-electron chi connectivity index (χ3n) is 4.17. The fourth-order valence-corrected chi connectivity index (χ4v) is 2.53. The average Bonchev–Trinajstić information content (AvgIpc) is 2.79. The van der Waals surface area contributed by atoms with Crippen LogP contribution in [0.4, 0.5) is 4.79 Å². The highest BCUT2D eigenvalue weighted by Gasteiger charge is 2.30. The van der Waals surface area contributed by atoms with Gasteiger partial charge in [-0.1, -0.05) is 37.3 Å². The zero-order valence-corrected chi connectivity index (χ0v) is 12.8. The Balaban J connectivity index is 1.86. The van der Waals surface area contributed by atoms with Crippen molar-refractivity contribution < 1.29 is 9.59 Å². The van der Waals surface area contributed by atoms with Crippen molar-refractivity contribution in [1.29, 1.82) is 0 Å². The number of rotatable bonds is 4. The van der Waals surface area contributed by atoms with Gasteiger partial charge in [0.05, 0.1) is 0 Å². The average molecular weight is 289 g/mol. The summed E-state index contributed by atoms with van der Waals surface area (Å²) in [7, 11) is 1.75. The number of nitrogens with zero attached hydrogens (tertiary/aromatic N) is 1. The summed E-state index contributed by atoms with van der Waals surface area (Å²) in [5.41, 5.74) is 1.18. The van der Waals surface area contributed by atoms with Crippen LogP contribution in [-0.4, -0.2) is 42.5 Å². The second-order valence-electron chi connectivity index (χ2n) is 5.71. The molecule has 0 aliphatic carbocycles. The van der Waals surface area contributed by atoms with E-state index in [1.165, 1.54) is 5.56 Å². The first kappa shape index (κ1) is 15.4. The Morgan fingerprint density at radius 3 is 2.52 bits per heavy atom. The number of urea groups is 1.